The molecule has 0 aromatic carbocycles. The van der Waals surface area contributed by atoms with Gasteiger partial charge in [0.1, 0.15) is 5.56 Å². The standard InChI is InChI=1S/C15H20N2O3/c1-8-2-5-11(14(19)16-8)15(20)17-13-10-4-3-9(6-10)12(13)7-18/h2,5,9-10,12-13,18H,3-4,6-7H2,1H3,(H,16,19)(H,17,20). The lowest BCUT2D eigenvalue weighted by atomic mass is 9.85. The first kappa shape index (κ1) is 13.4. The van der Waals surface area contributed by atoms with E-state index in [1.165, 1.54) is 0 Å². The van der Waals surface area contributed by atoms with Gasteiger partial charge in [-0.2, -0.15) is 0 Å². The van der Waals surface area contributed by atoms with Crippen LogP contribution in [0.25, 0.3) is 0 Å². The first-order valence-electron chi connectivity index (χ1n) is 7.22. The Balaban J connectivity index is 1.77. The fourth-order valence-electron chi connectivity index (χ4n) is 3.88. The highest BCUT2D eigenvalue weighted by molar-refractivity contribution is 5.94. The maximum atomic E-state index is 12.3. The van der Waals surface area contributed by atoms with Gasteiger partial charge in [-0.15, -0.1) is 0 Å². The number of amides is 1. The lowest BCUT2D eigenvalue weighted by Crippen LogP contribution is -2.46. The van der Waals surface area contributed by atoms with Crippen LogP contribution in [-0.2, 0) is 0 Å². The summed E-state index contributed by atoms with van der Waals surface area (Å²) in [6, 6.07) is 3.29. The van der Waals surface area contributed by atoms with Crippen LogP contribution in [0, 0.1) is 24.7 Å². The Morgan fingerprint density at radius 3 is 2.85 bits per heavy atom. The molecule has 1 heterocycles. The van der Waals surface area contributed by atoms with Crippen LogP contribution in [0.5, 0.6) is 0 Å². The van der Waals surface area contributed by atoms with Crippen molar-refractivity contribution in [3.8, 4) is 0 Å². The molecule has 0 saturated heterocycles. The molecule has 2 saturated carbocycles. The van der Waals surface area contributed by atoms with Gasteiger partial charge in [0.25, 0.3) is 11.5 Å². The van der Waals surface area contributed by atoms with Crippen LogP contribution in [-0.4, -0.2) is 28.6 Å². The molecule has 2 bridgehead atoms. The number of nitrogens with one attached hydrogen (secondary N) is 2. The number of hydrogen-bond donors (Lipinski definition) is 3. The Morgan fingerprint density at radius 2 is 2.15 bits per heavy atom. The summed E-state index contributed by atoms with van der Waals surface area (Å²) >= 11 is 0. The average molecular weight is 276 g/mol. The summed E-state index contributed by atoms with van der Waals surface area (Å²) in [6.45, 7) is 1.89. The van der Waals surface area contributed by atoms with Crippen LogP contribution in [0.1, 0.15) is 35.3 Å². The summed E-state index contributed by atoms with van der Waals surface area (Å²) in [4.78, 5) is 26.7. The summed E-state index contributed by atoms with van der Waals surface area (Å²) < 4.78 is 0. The Kier molecular flexibility index (Phi) is 3.38. The van der Waals surface area contributed by atoms with E-state index in [2.05, 4.69) is 10.3 Å². The molecule has 0 radical (unpaired) electrons. The van der Waals surface area contributed by atoms with Crippen molar-refractivity contribution in [3.05, 3.63) is 33.7 Å². The predicted octanol–water partition coefficient (Wildman–Crippen LogP) is 0.820. The smallest absolute Gasteiger partial charge is 0.260 e. The first-order valence-corrected chi connectivity index (χ1v) is 7.22. The summed E-state index contributed by atoms with van der Waals surface area (Å²) in [5.74, 6) is 0.779. The van der Waals surface area contributed by atoms with Crippen molar-refractivity contribution in [2.24, 2.45) is 17.8 Å². The molecule has 5 nitrogen and oxygen atoms in total. The van der Waals surface area contributed by atoms with Crippen molar-refractivity contribution < 1.29 is 9.90 Å². The molecule has 1 aromatic rings. The van der Waals surface area contributed by atoms with Crippen LogP contribution in [0.2, 0.25) is 0 Å². The highest BCUT2D eigenvalue weighted by Gasteiger charge is 2.47. The zero-order valence-corrected chi connectivity index (χ0v) is 11.6. The van der Waals surface area contributed by atoms with Crippen molar-refractivity contribution in [2.75, 3.05) is 6.61 Å². The maximum absolute atomic E-state index is 12.3. The van der Waals surface area contributed by atoms with E-state index in [9.17, 15) is 14.7 Å². The maximum Gasteiger partial charge on any atom is 0.260 e. The Bertz CT molecular complexity index is 581. The molecule has 0 spiro atoms. The number of aliphatic hydroxyl groups is 1. The fraction of sp³-hybridized carbons (Fsp3) is 0.600. The van der Waals surface area contributed by atoms with Crippen molar-refractivity contribution in [2.45, 2.75) is 32.2 Å². The number of carbonyl (C=O) groups is 1. The lowest BCUT2D eigenvalue weighted by molar-refractivity contribution is 0.0860. The normalized spacial score (nSPS) is 31.5. The molecule has 5 heteroatoms. The van der Waals surface area contributed by atoms with Crippen molar-refractivity contribution >= 4 is 5.91 Å². The van der Waals surface area contributed by atoms with E-state index in [-0.39, 0.29) is 35.6 Å². The largest absolute Gasteiger partial charge is 0.396 e. The molecule has 1 aromatic heterocycles. The van der Waals surface area contributed by atoms with Crippen LogP contribution < -0.4 is 10.9 Å². The van der Waals surface area contributed by atoms with Gasteiger partial charge in [-0.1, -0.05) is 0 Å². The number of carbonyl (C=O) groups excluding carboxylic acids is 1. The second-order valence-corrected chi connectivity index (χ2v) is 6.06. The highest BCUT2D eigenvalue weighted by atomic mass is 16.3. The van der Waals surface area contributed by atoms with Crippen LogP contribution in [0.4, 0.5) is 0 Å². The van der Waals surface area contributed by atoms with Gasteiger partial charge in [0.2, 0.25) is 0 Å². The van der Waals surface area contributed by atoms with Crippen LogP contribution in [0.15, 0.2) is 16.9 Å². The molecular weight excluding hydrogens is 256 g/mol. The highest BCUT2D eigenvalue weighted by Crippen LogP contribution is 2.48. The number of aliphatic hydroxyl groups excluding tert-OH is 1. The van der Waals surface area contributed by atoms with E-state index in [1.807, 2.05) is 0 Å². The molecule has 108 valence electrons. The van der Waals surface area contributed by atoms with E-state index in [0.29, 0.717) is 11.8 Å². The van der Waals surface area contributed by atoms with Crippen molar-refractivity contribution in [3.63, 3.8) is 0 Å². The van der Waals surface area contributed by atoms with Crippen molar-refractivity contribution in [1.82, 2.24) is 10.3 Å². The summed E-state index contributed by atoms with van der Waals surface area (Å²) in [5, 5.41) is 12.5. The SMILES string of the molecule is Cc1ccc(C(=O)NC2C3CCC(C3)C2CO)c(=O)[nH]1. The minimum atomic E-state index is -0.355. The van der Waals surface area contributed by atoms with Gasteiger partial charge < -0.3 is 15.4 Å². The molecule has 3 N–H and O–H groups in total. The van der Waals surface area contributed by atoms with Gasteiger partial charge >= 0.3 is 0 Å². The summed E-state index contributed by atoms with van der Waals surface area (Å²) in [7, 11) is 0. The van der Waals surface area contributed by atoms with Gasteiger partial charge in [0.05, 0.1) is 0 Å². The third-order valence-corrected chi connectivity index (χ3v) is 4.90. The van der Waals surface area contributed by atoms with E-state index in [4.69, 9.17) is 0 Å². The molecule has 3 rings (SSSR count). The molecule has 4 atom stereocenters. The molecule has 20 heavy (non-hydrogen) atoms. The van der Waals surface area contributed by atoms with Gasteiger partial charge in [-0.05, 0) is 50.2 Å². The second kappa shape index (κ2) is 5.05. The Hall–Kier alpha value is -1.62. The fourth-order valence-corrected chi connectivity index (χ4v) is 3.88. The minimum absolute atomic E-state index is 0.00644. The number of aromatic nitrogens is 1. The topological polar surface area (TPSA) is 82.2 Å². The zero-order valence-electron chi connectivity index (χ0n) is 11.6. The molecule has 4 unspecified atom stereocenters. The zero-order chi connectivity index (χ0) is 14.3. The number of hydrogen-bond acceptors (Lipinski definition) is 3. The number of rotatable bonds is 3. The number of aryl methyl sites for hydroxylation is 1. The van der Waals surface area contributed by atoms with E-state index < -0.39 is 0 Å². The monoisotopic (exact) mass is 276 g/mol. The molecule has 1 amide bonds. The van der Waals surface area contributed by atoms with Crippen LogP contribution in [0.3, 0.4) is 0 Å². The van der Waals surface area contributed by atoms with E-state index in [1.54, 1.807) is 19.1 Å². The van der Waals surface area contributed by atoms with Crippen molar-refractivity contribution in [1.29, 1.82) is 0 Å². The molecule has 2 fully saturated rings. The summed E-state index contributed by atoms with van der Waals surface area (Å²) in [6.07, 6.45) is 3.34. The van der Waals surface area contributed by atoms with Gasteiger partial charge in [-0.25, -0.2) is 0 Å². The minimum Gasteiger partial charge on any atom is -0.396 e. The summed E-state index contributed by atoms with van der Waals surface area (Å²) in [5.41, 5.74) is 0.529. The van der Waals surface area contributed by atoms with Gasteiger partial charge in [-0.3, -0.25) is 9.59 Å². The van der Waals surface area contributed by atoms with E-state index in [0.717, 1.165) is 25.0 Å². The number of H-pyrrole nitrogens is 1. The molecule has 2 aliphatic rings. The molecule has 2 aliphatic carbocycles. The molecule has 0 aliphatic heterocycles. The van der Waals surface area contributed by atoms with E-state index >= 15 is 0 Å². The lowest BCUT2D eigenvalue weighted by Gasteiger charge is -2.30. The molecular formula is C15H20N2O3. The predicted molar refractivity (Wildman–Crippen MR) is 74.5 cm³/mol. The van der Waals surface area contributed by atoms with Gasteiger partial charge in [0, 0.05) is 24.3 Å². The Labute approximate surface area is 117 Å². The number of pyridine rings is 1. The van der Waals surface area contributed by atoms with Crippen LogP contribution >= 0.6 is 0 Å². The Morgan fingerprint density at radius 1 is 1.40 bits per heavy atom. The third kappa shape index (κ3) is 2.16. The number of fused-ring (bicyclic) bond motifs is 2. The second-order valence-electron chi connectivity index (χ2n) is 6.06. The van der Waals surface area contributed by atoms with Gasteiger partial charge in [0.15, 0.2) is 0 Å². The average Bonchev–Trinajstić information content (AvgIpc) is 2.99. The quantitative estimate of drug-likeness (QED) is 0.764. The number of aromatic amines is 1. The first-order chi connectivity index (χ1) is 9.60. The third-order valence-electron chi connectivity index (χ3n) is 4.90.